The lowest BCUT2D eigenvalue weighted by Crippen LogP contribution is -2.55. The summed E-state index contributed by atoms with van der Waals surface area (Å²) in [6, 6.07) is 4.86. The summed E-state index contributed by atoms with van der Waals surface area (Å²) in [6.45, 7) is 6.13. The second-order valence-electron chi connectivity index (χ2n) is 5.37. The number of nitrogens with one attached hydrogen (secondary N) is 1. The van der Waals surface area contributed by atoms with Crippen molar-refractivity contribution in [3.8, 4) is 0 Å². The Morgan fingerprint density at radius 3 is 2.25 bits per heavy atom. The van der Waals surface area contributed by atoms with E-state index in [2.05, 4.69) is 24.1 Å². The molecule has 20 heavy (non-hydrogen) atoms. The molecule has 0 saturated heterocycles. The van der Waals surface area contributed by atoms with Crippen LogP contribution in [0.2, 0.25) is 10.0 Å². The van der Waals surface area contributed by atoms with Crippen LogP contribution in [0.3, 0.4) is 0 Å². The van der Waals surface area contributed by atoms with Crippen LogP contribution in [0.25, 0.3) is 0 Å². The lowest BCUT2D eigenvalue weighted by molar-refractivity contribution is 0.0860. The molecule has 1 atom stereocenters. The van der Waals surface area contributed by atoms with Crippen molar-refractivity contribution in [3.05, 3.63) is 33.8 Å². The monoisotopic (exact) mass is 338 g/mol. The summed E-state index contributed by atoms with van der Waals surface area (Å²) in [6.07, 6.45) is 0. The second kappa shape index (κ2) is 7.51. The summed E-state index contributed by atoms with van der Waals surface area (Å²) in [5, 5.41) is 3.81. The Labute approximate surface area is 137 Å². The molecule has 0 bridgehead atoms. The fraction of sp³-hybridized carbons (Fsp3) is 0.500. The van der Waals surface area contributed by atoms with Gasteiger partial charge < -0.3 is 10.2 Å². The largest absolute Gasteiger partial charge is 0.348 e. The van der Waals surface area contributed by atoms with Crippen molar-refractivity contribution in [2.24, 2.45) is 0 Å². The molecule has 0 aromatic heterocycles. The molecule has 1 aromatic carbocycles. The highest BCUT2D eigenvalue weighted by Crippen LogP contribution is 2.23. The Bertz CT molecular complexity index is 475. The minimum absolute atomic E-state index is 0. The second-order valence-corrected chi connectivity index (χ2v) is 6.19. The van der Waals surface area contributed by atoms with Gasteiger partial charge in [-0.2, -0.15) is 0 Å². The van der Waals surface area contributed by atoms with Crippen molar-refractivity contribution in [1.29, 1.82) is 0 Å². The van der Waals surface area contributed by atoms with E-state index in [1.807, 2.05) is 21.0 Å². The first-order chi connectivity index (χ1) is 8.66. The average molecular weight is 340 g/mol. The Kier molecular flexibility index (Phi) is 7.33. The molecule has 114 valence electrons. The van der Waals surface area contributed by atoms with Crippen LogP contribution < -0.4 is 5.32 Å². The summed E-state index contributed by atoms with van der Waals surface area (Å²) >= 11 is 11.7. The summed E-state index contributed by atoms with van der Waals surface area (Å²) in [5.41, 5.74) is 0.363. The molecule has 0 spiro atoms. The van der Waals surface area contributed by atoms with E-state index in [9.17, 15) is 4.79 Å². The minimum atomic E-state index is -0.152. The van der Waals surface area contributed by atoms with Gasteiger partial charge in [-0.15, -0.1) is 12.4 Å². The molecule has 1 N–H and O–H groups in total. The van der Waals surface area contributed by atoms with Crippen molar-refractivity contribution in [3.63, 3.8) is 0 Å². The van der Waals surface area contributed by atoms with E-state index in [0.717, 1.165) is 0 Å². The first kappa shape index (κ1) is 19.5. The molecule has 0 aliphatic rings. The highest BCUT2D eigenvalue weighted by Gasteiger charge is 2.29. The zero-order valence-electron chi connectivity index (χ0n) is 12.3. The minimum Gasteiger partial charge on any atom is -0.348 e. The number of likely N-dealkylation sites (N-methyl/N-ethyl adjacent to an activating group) is 1. The van der Waals surface area contributed by atoms with Crippen molar-refractivity contribution >= 4 is 41.5 Å². The van der Waals surface area contributed by atoms with Gasteiger partial charge in [-0.3, -0.25) is 4.79 Å². The van der Waals surface area contributed by atoms with Crippen molar-refractivity contribution < 1.29 is 4.79 Å². The van der Waals surface area contributed by atoms with E-state index in [1.54, 1.807) is 18.2 Å². The van der Waals surface area contributed by atoms with Crippen LogP contribution in [0, 0.1) is 0 Å². The predicted molar refractivity (Wildman–Crippen MR) is 88.4 cm³/mol. The fourth-order valence-corrected chi connectivity index (χ4v) is 1.78. The van der Waals surface area contributed by atoms with E-state index in [0.29, 0.717) is 15.6 Å². The average Bonchev–Trinajstić information content (AvgIpc) is 2.32. The maximum Gasteiger partial charge on any atom is 0.251 e. The van der Waals surface area contributed by atoms with Crippen LogP contribution in [0.1, 0.15) is 31.1 Å². The summed E-state index contributed by atoms with van der Waals surface area (Å²) in [5.74, 6) is -0.152. The van der Waals surface area contributed by atoms with Gasteiger partial charge in [0.25, 0.3) is 5.91 Å². The number of hydrogen-bond donors (Lipinski definition) is 1. The molecule has 0 saturated carbocycles. The number of rotatable bonds is 4. The molecule has 0 fully saturated rings. The lowest BCUT2D eigenvalue weighted by atomic mass is 9.94. The van der Waals surface area contributed by atoms with Crippen molar-refractivity contribution in [2.45, 2.75) is 32.4 Å². The van der Waals surface area contributed by atoms with E-state index < -0.39 is 0 Å². The van der Waals surface area contributed by atoms with E-state index in [-0.39, 0.29) is 29.9 Å². The Morgan fingerprint density at radius 2 is 1.80 bits per heavy atom. The molecule has 1 amide bonds. The van der Waals surface area contributed by atoms with Crippen LogP contribution >= 0.6 is 35.6 Å². The van der Waals surface area contributed by atoms with E-state index in [4.69, 9.17) is 23.2 Å². The number of benzene rings is 1. The normalized spacial score (nSPS) is 12.8. The lowest BCUT2D eigenvalue weighted by Gasteiger charge is -2.38. The van der Waals surface area contributed by atoms with Gasteiger partial charge in [0, 0.05) is 17.1 Å². The molecular weight excluding hydrogens is 319 g/mol. The van der Waals surface area contributed by atoms with Gasteiger partial charge >= 0.3 is 0 Å². The van der Waals surface area contributed by atoms with Gasteiger partial charge in [-0.1, -0.05) is 23.2 Å². The fourth-order valence-electron chi connectivity index (χ4n) is 1.48. The molecule has 1 unspecified atom stereocenters. The maximum atomic E-state index is 12.2. The number of nitrogens with zero attached hydrogens (tertiary/aromatic N) is 1. The van der Waals surface area contributed by atoms with Crippen LogP contribution in [0.15, 0.2) is 18.2 Å². The summed E-state index contributed by atoms with van der Waals surface area (Å²) < 4.78 is 0. The Morgan fingerprint density at radius 1 is 1.25 bits per heavy atom. The van der Waals surface area contributed by atoms with Crippen LogP contribution in [0.5, 0.6) is 0 Å². The maximum absolute atomic E-state index is 12.2. The van der Waals surface area contributed by atoms with Crippen LogP contribution in [0.4, 0.5) is 0 Å². The van der Waals surface area contributed by atoms with Gasteiger partial charge in [-0.25, -0.2) is 0 Å². The molecule has 0 radical (unpaired) electrons. The smallest absolute Gasteiger partial charge is 0.251 e. The number of carbonyl (C=O) groups excluding carboxylic acids is 1. The topological polar surface area (TPSA) is 32.3 Å². The van der Waals surface area contributed by atoms with E-state index >= 15 is 0 Å². The predicted octanol–water partition coefficient (Wildman–Crippen LogP) is 3.87. The van der Waals surface area contributed by atoms with Gasteiger partial charge in [-0.05, 0) is 53.1 Å². The molecule has 0 heterocycles. The van der Waals surface area contributed by atoms with Gasteiger partial charge in [0.05, 0.1) is 10.0 Å². The molecular formula is C14H21Cl3N2O. The summed E-state index contributed by atoms with van der Waals surface area (Å²) in [4.78, 5) is 14.2. The van der Waals surface area contributed by atoms with Crippen molar-refractivity contribution in [2.75, 3.05) is 14.1 Å². The van der Waals surface area contributed by atoms with Gasteiger partial charge in [0.1, 0.15) is 0 Å². The number of amides is 1. The standard InChI is InChI=1S/C14H20Cl2N2O.ClH/c1-9(14(2,3)18(4)5)17-13(19)10-6-7-11(15)12(16)8-10;/h6-9H,1-5H3,(H,17,19);1H. The van der Waals surface area contributed by atoms with Gasteiger partial charge in [0.15, 0.2) is 0 Å². The number of carbonyl (C=O) groups is 1. The van der Waals surface area contributed by atoms with Crippen LogP contribution in [-0.4, -0.2) is 36.5 Å². The summed E-state index contributed by atoms with van der Waals surface area (Å²) in [7, 11) is 3.98. The Balaban J connectivity index is 0.00000361. The highest BCUT2D eigenvalue weighted by atomic mass is 35.5. The third kappa shape index (κ3) is 4.52. The van der Waals surface area contributed by atoms with Crippen LogP contribution in [-0.2, 0) is 0 Å². The quantitative estimate of drug-likeness (QED) is 0.903. The molecule has 6 heteroatoms. The SMILES string of the molecule is CC(NC(=O)c1ccc(Cl)c(Cl)c1)C(C)(C)N(C)C.Cl. The molecule has 1 aromatic rings. The van der Waals surface area contributed by atoms with E-state index in [1.165, 1.54) is 0 Å². The highest BCUT2D eigenvalue weighted by molar-refractivity contribution is 6.42. The molecule has 1 rings (SSSR count). The molecule has 0 aliphatic carbocycles. The zero-order chi connectivity index (χ0) is 14.8. The molecule has 3 nitrogen and oxygen atoms in total. The third-order valence-electron chi connectivity index (χ3n) is 3.74. The zero-order valence-corrected chi connectivity index (χ0v) is 14.7. The third-order valence-corrected chi connectivity index (χ3v) is 4.48. The first-order valence-corrected chi connectivity index (χ1v) is 6.85. The Hall–Kier alpha value is -0.480. The molecule has 0 aliphatic heterocycles. The van der Waals surface area contributed by atoms with Gasteiger partial charge in [0.2, 0.25) is 0 Å². The first-order valence-electron chi connectivity index (χ1n) is 6.09. The number of halogens is 3. The number of hydrogen-bond acceptors (Lipinski definition) is 2. The van der Waals surface area contributed by atoms with Crippen molar-refractivity contribution in [1.82, 2.24) is 10.2 Å².